The number of benzene rings is 1. The molecule has 0 spiro atoms. The Morgan fingerprint density at radius 2 is 1.95 bits per heavy atom. The molecule has 0 saturated heterocycles. The van der Waals surface area contributed by atoms with Crippen LogP contribution in [0, 0.1) is 5.92 Å². The van der Waals surface area contributed by atoms with E-state index in [9.17, 15) is 4.79 Å². The van der Waals surface area contributed by atoms with Crippen molar-refractivity contribution in [2.45, 2.75) is 45.1 Å². The molecule has 1 aliphatic carbocycles. The van der Waals surface area contributed by atoms with Crippen molar-refractivity contribution in [2.75, 3.05) is 13.1 Å². The van der Waals surface area contributed by atoms with Gasteiger partial charge in [-0.1, -0.05) is 44.2 Å². The summed E-state index contributed by atoms with van der Waals surface area (Å²) in [6.07, 6.45) is 2.89. The lowest BCUT2D eigenvalue weighted by molar-refractivity contribution is -0.121. The monoisotopic (exact) mass is 274 g/mol. The SMILES string of the molecule is CC(C)C(CNCCC(=O)NC1CC1)c1ccccc1. The van der Waals surface area contributed by atoms with Gasteiger partial charge in [0.15, 0.2) is 0 Å². The minimum Gasteiger partial charge on any atom is -0.353 e. The molecular weight excluding hydrogens is 248 g/mol. The molecule has 0 aromatic heterocycles. The van der Waals surface area contributed by atoms with E-state index in [0.29, 0.717) is 24.3 Å². The molecule has 1 saturated carbocycles. The second-order valence-corrected chi connectivity index (χ2v) is 6.06. The average molecular weight is 274 g/mol. The van der Waals surface area contributed by atoms with Crippen LogP contribution in [0.4, 0.5) is 0 Å². The van der Waals surface area contributed by atoms with Gasteiger partial charge in [-0.3, -0.25) is 4.79 Å². The number of hydrogen-bond donors (Lipinski definition) is 2. The lowest BCUT2D eigenvalue weighted by Crippen LogP contribution is -2.31. The zero-order valence-electron chi connectivity index (χ0n) is 12.6. The molecular formula is C17H26N2O. The lowest BCUT2D eigenvalue weighted by Gasteiger charge is -2.22. The van der Waals surface area contributed by atoms with Gasteiger partial charge in [0.2, 0.25) is 5.91 Å². The van der Waals surface area contributed by atoms with Gasteiger partial charge >= 0.3 is 0 Å². The fourth-order valence-corrected chi connectivity index (χ4v) is 2.43. The highest BCUT2D eigenvalue weighted by Crippen LogP contribution is 2.23. The van der Waals surface area contributed by atoms with Gasteiger partial charge in [0.05, 0.1) is 0 Å². The zero-order valence-corrected chi connectivity index (χ0v) is 12.6. The molecule has 1 atom stereocenters. The first-order chi connectivity index (χ1) is 9.66. The fraction of sp³-hybridized carbons (Fsp3) is 0.588. The molecule has 110 valence electrons. The van der Waals surface area contributed by atoms with Crippen LogP contribution in [0.3, 0.4) is 0 Å². The minimum absolute atomic E-state index is 0.181. The van der Waals surface area contributed by atoms with Crippen molar-refractivity contribution >= 4 is 5.91 Å². The molecule has 3 heteroatoms. The first-order valence-electron chi connectivity index (χ1n) is 7.72. The molecule has 1 aromatic rings. The van der Waals surface area contributed by atoms with E-state index in [-0.39, 0.29) is 5.91 Å². The largest absolute Gasteiger partial charge is 0.353 e. The second kappa shape index (κ2) is 7.44. The van der Waals surface area contributed by atoms with Crippen LogP contribution in [0.2, 0.25) is 0 Å². The van der Waals surface area contributed by atoms with Crippen molar-refractivity contribution in [1.29, 1.82) is 0 Å². The van der Waals surface area contributed by atoms with Crippen LogP contribution in [0.25, 0.3) is 0 Å². The quantitative estimate of drug-likeness (QED) is 0.716. The van der Waals surface area contributed by atoms with Gasteiger partial charge in [0, 0.05) is 25.6 Å². The summed E-state index contributed by atoms with van der Waals surface area (Å²) in [6, 6.07) is 11.1. The average Bonchev–Trinajstić information content (AvgIpc) is 3.23. The van der Waals surface area contributed by atoms with Gasteiger partial charge in [-0.05, 0) is 30.2 Å². The highest BCUT2D eigenvalue weighted by molar-refractivity contribution is 5.76. The third-order valence-electron chi connectivity index (χ3n) is 3.87. The number of rotatable bonds is 8. The summed E-state index contributed by atoms with van der Waals surface area (Å²) < 4.78 is 0. The molecule has 0 aliphatic heterocycles. The maximum absolute atomic E-state index is 11.6. The van der Waals surface area contributed by atoms with E-state index in [1.54, 1.807) is 0 Å². The Labute approximate surface area is 122 Å². The van der Waals surface area contributed by atoms with Crippen molar-refractivity contribution in [3.8, 4) is 0 Å². The van der Waals surface area contributed by atoms with Crippen LogP contribution in [-0.2, 0) is 4.79 Å². The zero-order chi connectivity index (χ0) is 14.4. The van der Waals surface area contributed by atoms with E-state index in [1.165, 1.54) is 5.56 Å². The smallest absolute Gasteiger partial charge is 0.221 e. The van der Waals surface area contributed by atoms with E-state index in [4.69, 9.17) is 0 Å². The maximum Gasteiger partial charge on any atom is 0.221 e. The molecule has 0 heterocycles. The summed E-state index contributed by atoms with van der Waals surface area (Å²) in [6.45, 7) is 6.19. The van der Waals surface area contributed by atoms with Crippen LogP contribution >= 0.6 is 0 Å². The fourth-order valence-electron chi connectivity index (χ4n) is 2.43. The van der Waals surface area contributed by atoms with E-state index >= 15 is 0 Å². The Bertz CT molecular complexity index is 412. The molecule has 20 heavy (non-hydrogen) atoms. The number of nitrogens with one attached hydrogen (secondary N) is 2. The first-order valence-corrected chi connectivity index (χ1v) is 7.72. The van der Waals surface area contributed by atoms with E-state index in [0.717, 1.165) is 25.9 Å². The predicted octanol–water partition coefficient (Wildman–Crippen LogP) is 2.68. The molecule has 0 radical (unpaired) electrons. The van der Waals surface area contributed by atoms with Crippen molar-refractivity contribution in [1.82, 2.24) is 10.6 Å². The van der Waals surface area contributed by atoms with Crippen LogP contribution in [0.1, 0.15) is 44.6 Å². The Kier molecular flexibility index (Phi) is 5.60. The van der Waals surface area contributed by atoms with Crippen molar-refractivity contribution in [2.24, 2.45) is 5.92 Å². The second-order valence-electron chi connectivity index (χ2n) is 6.06. The highest BCUT2D eigenvalue weighted by atomic mass is 16.1. The molecule has 1 unspecified atom stereocenters. The first kappa shape index (κ1) is 15.0. The summed E-state index contributed by atoms with van der Waals surface area (Å²) in [5.41, 5.74) is 1.37. The lowest BCUT2D eigenvalue weighted by atomic mass is 9.88. The molecule has 1 fully saturated rings. The number of amides is 1. The van der Waals surface area contributed by atoms with Crippen molar-refractivity contribution in [3.63, 3.8) is 0 Å². The maximum atomic E-state index is 11.6. The van der Waals surface area contributed by atoms with Gasteiger partial charge in [-0.15, -0.1) is 0 Å². The highest BCUT2D eigenvalue weighted by Gasteiger charge is 2.22. The van der Waals surface area contributed by atoms with E-state index in [2.05, 4.69) is 54.8 Å². The van der Waals surface area contributed by atoms with Crippen LogP contribution in [0.15, 0.2) is 30.3 Å². The predicted molar refractivity (Wildman–Crippen MR) is 82.7 cm³/mol. The van der Waals surface area contributed by atoms with Gasteiger partial charge in [-0.2, -0.15) is 0 Å². The molecule has 2 rings (SSSR count). The molecule has 1 aliphatic rings. The van der Waals surface area contributed by atoms with Crippen LogP contribution in [0.5, 0.6) is 0 Å². The summed E-state index contributed by atoms with van der Waals surface area (Å²) in [7, 11) is 0. The van der Waals surface area contributed by atoms with E-state index < -0.39 is 0 Å². The van der Waals surface area contributed by atoms with Gasteiger partial charge < -0.3 is 10.6 Å². The van der Waals surface area contributed by atoms with E-state index in [1.807, 2.05) is 0 Å². The molecule has 3 nitrogen and oxygen atoms in total. The Hall–Kier alpha value is -1.35. The Morgan fingerprint density at radius 1 is 1.25 bits per heavy atom. The van der Waals surface area contributed by atoms with Gasteiger partial charge in [0.1, 0.15) is 0 Å². The number of carbonyl (C=O) groups is 1. The van der Waals surface area contributed by atoms with Gasteiger partial charge in [0.25, 0.3) is 0 Å². The van der Waals surface area contributed by atoms with Gasteiger partial charge in [-0.25, -0.2) is 0 Å². The number of hydrogen-bond acceptors (Lipinski definition) is 2. The van der Waals surface area contributed by atoms with Crippen LogP contribution in [-0.4, -0.2) is 25.0 Å². The van der Waals surface area contributed by atoms with Crippen molar-refractivity contribution in [3.05, 3.63) is 35.9 Å². The molecule has 2 N–H and O–H groups in total. The minimum atomic E-state index is 0.181. The normalized spacial score (nSPS) is 16.1. The van der Waals surface area contributed by atoms with Crippen molar-refractivity contribution < 1.29 is 4.79 Å². The third kappa shape index (κ3) is 4.97. The summed E-state index contributed by atoms with van der Waals surface area (Å²) in [5.74, 6) is 1.27. The Morgan fingerprint density at radius 3 is 2.55 bits per heavy atom. The molecule has 1 aromatic carbocycles. The summed E-state index contributed by atoms with van der Waals surface area (Å²) >= 11 is 0. The van der Waals surface area contributed by atoms with Crippen LogP contribution < -0.4 is 10.6 Å². The summed E-state index contributed by atoms with van der Waals surface area (Å²) in [5, 5.41) is 6.45. The summed E-state index contributed by atoms with van der Waals surface area (Å²) in [4.78, 5) is 11.6. The Balaban J connectivity index is 1.71. The number of carbonyl (C=O) groups excluding carboxylic acids is 1. The third-order valence-corrected chi connectivity index (χ3v) is 3.87. The molecule has 1 amide bonds. The standard InChI is InChI=1S/C17H26N2O/c1-13(2)16(14-6-4-3-5-7-14)12-18-11-10-17(20)19-15-8-9-15/h3-7,13,15-16,18H,8-12H2,1-2H3,(H,19,20). The molecule has 0 bridgehead atoms. The topological polar surface area (TPSA) is 41.1 Å².